The largest absolute Gasteiger partial charge is 0.495 e. The van der Waals surface area contributed by atoms with E-state index in [1.807, 2.05) is 0 Å². The number of Topliss-reactive ketones (excluding diaryl/α,β-unsaturated/α-hetero) is 1. The van der Waals surface area contributed by atoms with E-state index in [9.17, 15) is 4.79 Å². The van der Waals surface area contributed by atoms with Crippen molar-refractivity contribution in [2.24, 2.45) is 11.3 Å². The zero-order valence-corrected chi connectivity index (χ0v) is 10.5. The zero-order valence-electron chi connectivity index (χ0n) is 9.71. The third-order valence-electron chi connectivity index (χ3n) is 3.27. The van der Waals surface area contributed by atoms with Crippen LogP contribution in [0.5, 0.6) is 5.75 Å². The fourth-order valence-corrected chi connectivity index (χ4v) is 2.19. The number of ether oxygens (including phenoxy) is 1. The van der Waals surface area contributed by atoms with E-state index in [0.717, 1.165) is 6.42 Å². The van der Waals surface area contributed by atoms with Crippen LogP contribution in [-0.4, -0.2) is 12.9 Å². The summed E-state index contributed by atoms with van der Waals surface area (Å²) in [6.45, 7) is 4.22. The van der Waals surface area contributed by atoms with Crippen molar-refractivity contribution in [3.05, 3.63) is 28.8 Å². The first-order chi connectivity index (χ1) is 7.45. The number of hydrogen-bond acceptors (Lipinski definition) is 2. The fraction of sp³-hybridized carbons (Fsp3) is 0.462. The summed E-state index contributed by atoms with van der Waals surface area (Å²) in [5.74, 6) is 0.944. The first-order valence-electron chi connectivity index (χ1n) is 5.33. The SMILES string of the molecule is COc1ccc(C(=O)C2CC2(C)C)cc1Cl. The minimum Gasteiger partial charge on any atom is -0.495 e. The van der Waals surface area contributed by atoms with Crippen LogP contribution in [0, 0.1) is 11.3 Å². The maximum absolute atomic E-state index is 12.1. The Kier molecular flexibility index (Phi) is 2.70. The predicted molar refractivity (Wildman–Crippen MR) is 64.2 cm³/mol. The van der Waals surface area contributed by atoms with Gasteiger partial charge in [0, 0.05) is 11.5 Å². The molecule has 86 valence electrons. The van der Waals surface area contributed by atoms with E-state index in [2.05, 4.69) is 13.8 Å². The second-order valence-electron chi connectivity index (χ2n) is 4.96. The molecule has 0 radical (unpaired) electrons. The Morgan fingerprint density at radius 3 is 2.56 bits per heavy atom. The van der Waals surface area contributed by atoms with Gasteiger partial charge in [0.25, 0.3) is 0 Å². The monoisotopic (exact) mass is 238 g/mol. The van der Waals surface area contributed by atoms with E-state index >= 15 is 0 Å². The van der Waals surface area contributed by atoms with Crippen molar-refractivity contribution in [1.29, 1.82) is 0 Å². The van der Waals surface area contributed by atoms with Crippen molar-refractivity contribution in [2.45, 2.75) is 20.3 Å². The first kappa shape index (κ1) is 11.5. The van der Waals surface area contributed by atoms with Crippen molar-refractivity contribution < 1.29 is 9.53 Å². The molecular weight excluding hydrogens is 224 g/mol. The molecule has 2 rings (SSSR count). The minimum atomic E-state index is 0.150. The molecule has 0 aliphatic heterocycles. The van der Waals surface area contributed by atoms with E-state index in [0.29, 0.717) is 16.3 Å². The van der Waals surface area contributed by atoms with Gasteiger partial charge in [-0.3, -0.25) is 4.79 Å². The summed E-state index contributed by atoms with van der Waals surface area (Å²) in [7, 11) is 1.56. The summed E-state index contributed by atoms with van der Waals surface area (Å²) in [6.07, 6.45) is 0.968. The topological polar surface area (TPSA) is 26.3 Å². The van der Waals surface area contributed by atoms with E-state index in [1.165, 1.54) is 0 Å². The summed E-state index contributed by atoms with van der Waals surface area (Å²) in [5, 5.41) is 0.492. The summed E-state index contributed by atoms with van der Waals surface area (Å²) in [4.78, 5) is 12.1. The highest BCUT2D eigenvalue weighted by Gasteiger charge is 2.50. The molecule has 1 aromatic carbocycles. The standard InChI is InChI=1S/C13H15ClO2/c1-13(2)7-9(13)12(15)8-4-5-11(16-3)10(14)6-8/h4-6,9H,7H2,1-3H3. The van der Waals surface area contributed by atoms with Gasteiger partial charge in [0.15, 0.2) is 5.78 Å². The van der Waals surface area contributed by atoms with E-state index in [1.54, 1.807) is 25.3 Å². The lowest BCUT2D eigenvalue weighted by molar-refractivity contribution is 0.0953. The maximum atomic E-state index is 12.1. The Bertz CT molecular complexity index is 438. The van der Waals surface area contributed by atoms with Gasteiger partial charge in [0.2, 0.25) is 0 Å². The highest BCUT2D eigenvalue weighted by molar-refractivity contribution is 6.32. The number of carbonyl (C=O) groups is 1. The van der Waals surface area contributed by atoms with Gasteiger partial charge in [0.1, 0.15) is 5.75 Å². The van der Waals surface area contributed by atoms with Crippen molar-refractivity contribution in [1.82, 2.24) is 0 Å². The quantitative estimate of drug-likeness (QED) is 0.753. The van der Waals surface area contributed by atoms with Crippen LogP contribution in [0.1, 0.15) is 30.6 Å². The maximum Gasteiger partial charge on any atom is 0.166 e. The Morgan fingerprint density at radius 2 is 2.12 bits per heavy atom. The lowest BCUT2D eigenvalue weighted by Crippen LogP contribution is -2.06. The summed E-state index contributed by atoms with van der Waals surface area (Å²) >= 11 is 5.99. The highest BCUT2D eigenvalue weighted by atomic mass is 35.5. The van der Waals surface area contributed by atoms with Gasteiger partial charge >= 0.3 is 0 Å². The van der Waals surface area contributed by atoms with Gasteiger partial charge in [0.05, 0.1) is 12.1 Å². The second-order valence-corrected chi connectivity index (χ2v) is 5.37. The molecule has 0 spiro atoms. The van der Waals surface area contributed by atoms with Crippen molar-refractivity contribution in [2.75, 3.05) is 7.11 Å². The van der Waals surface area contributed by atoms with Crippen LogP contribution in [0.2, 0.25) is 5.02 Å². The van der Waals surface area contributed by atoms with Crippen LogP contribution < -0.4 is 4.74 Å². The first-order valence-corrected chi connectivity index (χ1v) is 5.71. The highest BCUT2D eigenvalue weighted by Crippen LogP contribution is 2.53. The lowest BCUT2D eigenvalue weighted by atomic mass is 10.0. The molecule has 0 heterocycles. The Balaban J connectivity index is 2.22. The lowest BCUT2D eigenvalue weighted by Gasteiger charge is -2.06. The molecule has 1 aliphatic rings. The Morgan fingerprint density at radius 1 is 1.50 bits per heavy atom. The predicted octanol–water partition coefficient (Wildman–Crippen LogP) is 3.58. The zero-order chi connectivity index (χ0) is 11.9. The van der Waals surface area contributed by atoms with Gasteiger partial charge in [-0.25, -0.2) is 0 Å². The van der Waals surface area contributed by atoms with Crippen LogP contribution >= 0.6 is 11.6 Å². The van der Waals surface area contributed by atoms with Gasteiger partial charge in [-0.05, 0) is 30.0 Å². The van der Waals surface area contributed by atoms with Crippen molar-refractivity contribution in [3.8, 4) is 5.75 Å². The number of ketones is 1. The van der Waals surface area contributed by atoms with E-state index in [4.69, 9.17) is 16.3 Å². The van der Waals surface area contributed by atoms with Gasteiger partial charge in [-0.1, -0.05) is 25.4 Å². The summed E-state index contributed by atoms with van der Waals surface area (Å²) in [5.41, 5.74) is 0.838. The average molecular weight is 239 g/mol. The molecule has 1 saturated carbocycles. The van der Waals surface area contributed by atoms with Crippen molar-refractivity contribution >= 4 is 17.4 Å². The molecular formula is C13H15ClO2. The number of benzene rings is 1. The Hall–Kier alpha value is -1.02. The summed E-state index contributed by atoms with van der Waals surface area (Å²) < 4.78 is 5.05. The summed E-state index contributed by atoms with van der Waals surface area (Å²) in [6, 6.07) is 5.21. The van der Waals surface area contributed by atoms with Crippen LogP contribution in [0.25, 0.3) is 0 Å². The van der Waals surface area contributed by atoms with Crippen LogP contribution in [0.3, 0.4) is 0 Å². The number of halogens is 1. The molecule has 1 atom stereocenters. The normalized spacial score (nSPS) is 21.6. The minimum absolute atomic E-state index is 0.150. The molecule has 1 aliphatic carbocycles. The molecule has 1 fully saturated rings. The van der Waals surface area contributed by atoms with Crippen LogP contribution in [0.15, 0.2) is 18.2 Å². The number of methoxy groups -OCH3 is 1. The number of hydrogen-bond donors (Lipinski definition) is 0. The van der Waals surface area contributed by atoms with E-state index in [-0.39, 0.29) is 17.1 Å². The smallest absolute Gasteiger partial charge is 0.166 e. The van der Waals surface area contributed by atoms with Crippen LogP contribution in [0.4, 0.5) is 0 Å². The molecule has 2 nitrogen and oxygen atoms in total. The fourth-order valence-electron chi connectivity index (χ4n) is 1.94. The molecule has 1 aromatic rings. The Labute approximate surface area is 101 Å². The van der Waals surface area contributed by atoms with E-state index < -0.39 is 0 Å². The molecule has 0 aromatic heterocycles. The third-order valence-corrected chi connectivity index (χ3v) is 3.56. The van der Waals surface area contributed by atoms with Crippen LogP contribution in [-0.2, 0) is 0 Å². The molecule has 0 N–H and O–H groups in total. The molecule has 16 heavy (non-hydrogen) atoms. The second kappa shape index (κ2) is 3.77. The van der Waals surface area contributed by atoms with Gasteiger partial charge in [-0.15, -0.1) is 0 Å². The third kappa shape index (κ3) is 1.94. The number of rotatable bonds is 3. The molecule has 0 amide bonds. The van der Waals surface area contributed by atoms with Gasteiger partial charge < -0.3 is 4.74 Å². The molecule has 0 bridgehead atoms. The van der Waals surface area contributed by atoms with Gasteiger partial charge in [-0.2, -0.15) is 0 Å². The number of carbonyl (C=O) groups excluding carboxylic acids is 1. The molecule has 3 heteroatoms. The van der Waals surface area contributed by atoms with Crippen molar-refractivity contribution in [3.63, 3.8) is 0 Å². The molecule has 1 unspecified atom stereocenters. The molecule has 0 saturated heterocycles. The average Bonchev–Trinajstić information content (AvgIpc) is 2.86.